The molecule has 3 aromatic rings. The first kappa shape index (κ1) is 13.4. The zero-order valence-electron chi connectivity index (χ0n) is 11.7. The number of fused-ring (bicyclic) bond motifs is 1. The van der Waals surface area contributed by atoms with E-state index in [4.69, 9.17) is 10.5 Å². The summed E-state index contributed by atoms with van der Waals surface area (Å²) in [5, 5.41) is 4.24. The standard InChI is InChI=1S/C15H15FN4O/c1-9(2)21-13-6-5-10(8-12(13)17)14-18-15-11(16)4-3-7-20(15)19-14/h3-9H,17H2,1-2H3. The maximum atomic E-state index is 13.6. The number of hydrogen-bond donors (Lipinski definition) is 1. The summed E-state index contributed by atoms with van der Waals surface area (Å²) in [6, 6.07) is 8.23. The minimum atomic E-state index is -0.413. The van der Waals surface area contributed by atoms with E-state index < -0.39 is 5.82 Å². The Morgan fingerprint density at radius 1 is 1.29 bits per heavy atom. The lowest BCUT2D eigenvalue weighted by Gasteiger charge is -2.12. The normalized spacial score (nSPS) is 11.2. The van der Waals surface area contributed by atoms with Crippen LogP contribution in [0.15, 0.2) is 36.5 Å². The minimum Gasteiger partial charge on any atom is -0.489 e. The van der Waals surface area contributed by atoms with Crippen molar-refractivity contribution in [3.63, 3.8) is 0 Å². The van der Waals surface area contributed by atoms with Crippen molar-refractivity contribution < 1.29 is 9.13 Å². The molecule has 0 bridgehead atoms. The number of pyridine rings is 1. The van der Waals surface area contributed by atoms with Gasteiger partial charge in [-0.2, -0.15) is 0 Å². The van der Waals surface area contributed by atoms with Gasteiger partial charge in [-0.05, 0) is 44.2 Å². The molecule has 2 aromatic heterocycles. The number of nitrogens with two attached hydrogens (primary N) is 1. The molecule has 3 rings (SSSR count). The van der Waals surface area contributed by atoms with Gasteiger partial charge in [-0.25, -0.2) is 13.9 Å². The average Bonchev–Trinajstić information content (AvgIpc) is 2.86. The molecule has 0 saturated heterocycles. The highest BCUT2D eigenvalue weighted by Crippen LogP contribution is 2.28. The summed E-state index contributed by atoms with van der Waals surface area (Å²) in [5.41, 5.74) is 7.37. The Bertz CT molecular complexity index is 797. The first-order valence-corrected chi connectivity index (χ1v) is 6.62. The Morgan fingerprint density at radius 2 is 2.10 bits per heavy atom. The van der Waals surface area contributed by atoms with Crippen molar-refractivity contribution >= 4 is 11.3 Å². The highest BCUT2D eigenvalue weighted by Gasteiger charge is 2.11. The van der Waals surface area contributed by atoms with Crippen LogP contribution in [0.4, 0.5) is 10.1 Å². The van der Waals surface area contributed by atoms with E-state index in [2.05, 4.69) is 10.1 Å². The van der Waals surface area contributed by atoms with E-state index in [1.54, 1.807) is 30.5 Å². The summed E-state index contributed by atoms with van der Waals surface area (Å²) in [5.74, 6) is 0.621. The lowest BCUT2D eigenvalue weighted by molar-refractivity contribution is 0.244. The van der Waals surface area contributed by atoms with E-state index in [0.29, 0.717) is 22.8 Å². The molecule has 5 nitrogen and oxygen atoms in total. The molecule has 0 atom stereocenters. The fraction of sp³-hybridized carbons (Fsp3) is 0.200. The molecule has 21 heavy (non-hydrogen) atoms. The summed E-state index contributed by atoms with van der Waals surface area (Å²) < 4.78 is 20.6. The van der Waals surface area contributed by atoms with Gasteiger partial charge in [0, 0.05) is 11.8 Å². The monoisotopic (exact) mass is 286 g/mol. The predicted molar refractivity (Wildman–Crippen MR) is 78.6 cm³/mol. The third-order valence-electron chi connectivity index (χ3n) is 2.95. The molecule has 0 radical (unpaired) electrons. The zero-order chi connectivity index (χ0) is 15.0. The predicted octanol–water partition coefficient (Wildman–Crippen LogP) is 2.90. The number of benzene rings is 1. The van der Waals surface area contributed by atoms with E-state index in [0.717, 1.165) is 0 Å². The fourth-order valence-corrected chi connectivity index (χ4v) is 2.04. The molecule has 0 aliphatic carbocycles. The van der Waals surface area contributed by atoms with Crippen LogP contribution in [-0.2, 0) is 0 Å². The summed E-state index contributed by atoms with van der Waals surface area (Å²) in [4.78, 5) is 4.19. The van der Waals surface area contributed by atoms with Crippen molar-refractivity contribution in [3.8, 4) is 17.1 Å². The SMILES string of the molecule is CC(C)Oc1ccc(-c2nc3c(F)cccn3n2)cc1N. The molecule has 108 valence electrons. The van der Waals surface area contributed by atoms with E-state index >= 15 is 0 Å². The van der Waals surface area contributed by atoms with Gasteiger partial charge >= 0.3 is 0 Å². The highest BCUT2D eigenvalue weighted by atomic mass is 19.1. The lowest BCUT2D eigenvalue weighted by Crippen LogP contribution is -2.07. The molecule has 0 amide bonds. The summed E-state index contributed by atoms with van der Waals surface area (Å²) in [7, 11) is 0. The Balaban J connectivity index is 2.02. The third kappa shape index (κ3) is 2.52. The van der Waals surface area contributed by atoms with Crippen LogP contribution in [0.2, 0.25) is 0 Å². The second kappa shape index (κ2) is 5.05. The number of ether oxygens (including phenoxy) is 1. The van der Waals surface area contributed by atoms with Gasteiger partial charge in [-0.15, -0.1) is 5.10 Å². The van der Waals surface area contributed by atoms with Crippen molar-refractivity contribution in [2.75, 3.05) is 5.73 Å². The second-order valence-electron chi connectivity index (χ2n) is 4.98. The van der Waals surface area contributed by atoms with E-state index in [-0.39, 0.29) is 11.8 Å². The van der Waals surface area contributed by atoms with Crippen LogP contribution in [0.25, 0.3) is 17.0 Å². The summed E-state index contributed by atoms with van der Waals surface area (Å²) in [6.07, 6.45) is 1.69. The van der Waals surface area contributed by atoms with Gasteiger partial charge in [-0.1, -0.05) is 0 Å². The third-order valence-corrected chi connectivity index (χ3v) is 2.95. The van der Waals surface area contributed by atoms with Gasteiger partial charge in [0.2, 0.25) is 0 Å². The summed E-state index contributed by atoms with van der Waals surface area (Å²) >= 11 is 0. The van der Waals surface area contributed by atoms with Gasteiger partial charge in [0.15, 0.2) is 17.3 Å². The topological polar surface area (TPSA) is 65.4 Å². The van der Waals surface area contributed by atoms with Crippen molar-refractivity contribution in [1.29, 1.82) is 0 Å². The van der Waals surface area contributed by atoms with E-state index in [9.17, 15) is 4.39 Å². The minimum absolute atomic E-state index is 0.0422. The first-order chi connectivity index (χ1) is 10.0. The number of rotatable bonds is 3. The van der Waals surface area contributed by atoms with Crippen LogP contribution in [0, 0.1) is 5.82 Å². The van der Waals surface area contributed by atoms with Gasteiger partial charge in [0.25, 0.3) is 0 Å². The maximum absolute atomic E-state index is 13.6. The Morgan fingerprint density at radius 3 is 2.76 bits per heavy atom. The lowest BCUT2D eigenvalue weighted by atomic mass is 10.2. The molecule has 0 saturated carbocycles. The van der Waals surface area contributed by atoms with E-state index in [1.807, 2.05) is 13.8 Å². The van der Waals surface area contributed by atoms with Gasteiger partial charge in [0.05, 0.1) is 11.8 Å². The first-order valence-electron chi connectivity index (χ1n) is 6.62. The molecular weight excluding hydrogens is 271 g/mol. The molecule has 2 heterocycles. The Hall–Kier alpha value is -2.63. The number of hydrogen-bond acceptors (Lipinski definition) is 4. The molecule has 0 aliphatic rings. The van der Waals surface area contributed by atoms with Crippen LogP contribution >= 0.6 is 0 Å². The number of nitrogen functional groups attached to an aromatic ring is 1. The fourth-order valence-electron chi connectivity index (χ4n) is 2.04. The number of anilines is 1. The molecule has 0 fully saturated rings. The average molecular weight is 286 g/mol. The molecule has 0 aliphatic heterocycles. The second-order valence-corrected chi connectivity index (χ2v) is 4.98. The van der Waals surface area contributed by atoms with Crippen LogP contribution in [-0.4, -0.2) is 20.7 Å². The molecule has 0 unspecified atom stereocenters. The quantitative estimate of drug-likeness (QED) is 0.752. The number of halogens is 1. The maximum Gasteiger partial charge on any atom is 0.191 e. The number of aromatic nitrogens is 3. The Kier molecular flexibility index (Phi) is 3.21. The molecular formula is C15H15FN4O. The molecule has 6 heteroatoms. The highest BCUT2D eigenvalue weighted by molar-refractivity contribution is 5.67. The van der Waals surface area contributed by atoms with Crippen LogP contribution in [0.5, 0.6) is 5.75 Å². The molecule has 0 spiro atoms. The van der Waals surface area contributed by atoms with Crippen LogP contribution in [0.1, 0.15) is 13.8 Å². The Labute approximate surface area is 121 Å². The van der Waals surface area contributed by atoms with Gasteiger partial charge < -0.3 is 10.5 Å². The van der Waals surface area contributed by atoms with Crippen LogP contribution in [0.3, 0.4) is 0 Å². The van der Waals surface area contributed by atoms with Crippen molar-refractivity contribution in [2.24, 2.45) is 0 Å². The largest absolute Gasteiger partial charge is 0.489 e. The van der Waals surface area contributed by atoms with Crippen molar-refractivity contribution in [1.82, 2.24) is 14.6 Å². The molecule has 1 aromatic carbocycles. The zero-order valence-corrected chi connectivity index (χ0v) is 11.7. The van der Waals surface area contributed by atoms with Crippen molar-refractivity contribution in [2.45, 2.75) is 20.0 Å². The van der Waals surface area contributed by atoms with Gasteiger partial charge in [0.1, 0.15) is 5.75 Å². The van der Waals surface area contributed by atoms with Crippen LogP contribution < -0.4 is 10.5 Å². The van der Waals surface area contributed by atoms with E-state index in [1.165, 1.54) is 10.6 Å². The smallest absolute Gasteiger partial charge is 0.191 e. The van der Waals surface area contributed by atoms with Crippen molar-refractivity contribution in [3.05, 3.63) is 42.3 Å². The molecule has 2 N–H and O–H groups in total. The number of nitrogens with zero attached hydrogens (tertiary/aromatic N) is 3. The van der Waals surface area contributed by atoms with Gasteiger partial charge in [-0.3, -0.25) is 0 Å². The summed E-state index contributed by atoms with van der Waals surface area (Å²) in [6.45, 7) is 3.86.